The normalized spacial score (nSPS) is 10.0. The molecule has 0 aliphatic carbocycles. The molecule has 0 spiro atoms. The number of rotatable bonds is 5. The topological polar surface area (TPSA) is 62.7 Å². The molecule has 0 aliphatic rings. The van der Waals surface area contributed by atoms with Gasteiger partial charge in [0.05, 0.1) is 6.20 Å². The Balaban J connectivity index is 2.18. The second-order valence-corrected chi connectivity index (χ2v) is 4.28. The van der Waals surface area contributed by atoms with E-state index in [1.807, 2.05) is 6.92 Å². The van der Waals surface area contributed by atoms with E-state index in [1.54, 1.807) is 12.3 Å². The van der Waals surface area contributed by atoms with Gasteiger partial charge in [0.15, 0.2) is 5.82 Å². The largest absolute Gasteiger partial charge is 0.349 e. The molecule has 98 valence electrons. The zero-order chi connectivity index (χ0) is 13.7. The Hall–Kier alpha value is -2.43. The van der Waals surface area contributed by atoms with Gasteiger partial charge in [0.1, 0.15) is 0 Å². The zero-order valence-electron chi connectivity index (χ0n) is 11.1. The molecule has 2 aromatic rings. The highest BCUT2D eigenvalue weighted by Gasteiger charge is 2.03. The predicted octanol–water partition coefficient (Wildman–Crippen LogP) is 2.83. The van der Waals surface area contributed by atoms with Crippen molar-refractivity contribution in [1.29, 1.82) is 0 Å². The third-order valence-corrected chi connectivity index (χ3v) is 2.62. The SMILES string of the molecule is C=CCNc1nncc(Nc2cc(C)ccc2C)n1. The van der Waals surface area contributed by atoms with Crippen molar-refractivity contribution in [2.45, 2.75) is 13.8 Å². The molecule has 2 rings (SSSR count). The van der Waals surface area contributed by atoms with Gasteiger partial charge in [-0.2, -0.15) is 10.1 Å². The van der Waals surface area contributed by atoms with Crippen LogP contribution in [0, 0.1) is 13.8 Å². The lowest BCUT2D eigenvalue weighted by Crippen LogP contribution is -2.06. The molecule has 0 amide bonds. The number of nitrogens with one attached hydrogen (secondary N) is 2. The Morgan fingerprint density at radius 3 is 2.95 bits per heavy atom. The molecular weight excluding hydrogens is 238 g/mol. The minimum atomic E-state index is 0.482. The molecule has 1 aromatic heterocycles. The van der Waals surface area contributed by atoms with E-state index < -0.39 is 0 Å². The fraction of sp³-hybridized carbons (Fsp3) is 0.214. The number of hydrogen-bond donors (Lipinski definition) is 2. The molecule has 1 heterocycles. The van der Waals surface area contributed by atoms with Crippen molar-refractivity contribution in [3.8, 4) is 0 Å². The van der Waals surface area contributed by atoms with Crippen molar-refractivity contribution in [2.75, 3.05) is 17.2 Å². The first-order valence-corrected chi connectivity index (χ1v) is 6.08. The minimum Gasteiger partial charge on any atom is -0.349 e. The summed E-state index contributed by atoms with van der Waals surface area (Å²) in [6.07, 6.45) is 3.34. The fourth-order valence-electron chi connectivity index (χ4n) is 1.61. The Labute approximate surface area is 112 Å². The summed E-state index contributed by atoms with van der Waals surface area (Å²) in [7, 11) is 0. The molecule has 0 bridgehead atoms. The molecule has 5 heteroatoms. The summed E-state index contributed by atoms with van der Waals surface area (Å²) in [4.78, 5) is 4.33. The van der Waals surface area contributed by atoms with Gasteiger partial charge in [-0.05, 0) is 31.0 Å². The highest BCUT2D eigenvalue weighted by molar-refractivity contribution is 5.61. The lowest BCUT2D eigenvalue weighted by molar-refractivity contribution is 0.967. The number of aromatic nitrogens is 3. The van der Waals surface area contributed by atoms with E-state index in [-0.39, 0.29) is 0 Å². The van der Waals surface area contributed by atoms with Gasteiger partial charge in [-0.15, -0.1) is 11.7 Å². The summed E-state index contributed by atoms with van der Waals surface area (Å²) in [5.74, 6) is 1.14. The second-order valence-electron chi connectivity index (χ2n) is 4.28. The van der Waals surface area contributed by atoms with Crippen molar-refractivity contribution in [3.05, 3.63) is 48.2 Å². The lowest BCUT2D eigenvalue weighted by Gasteiger charge is -2.10. The Bertz CT molecular complexity index is 580. The van der Waals surface area contributed by atoms with Crippen molar-refractivity contribution in [1.82, 2.24) is 15.2 Å². The van der Waals surface area contributed by atoms with Crippen LogP contribution in [0.3, 0.4) is 0 Å². The molecule has 19 heavy (non-hydrogen) atoms. The van der Waals surface area contributed by atoms with Crippen molar-refractivity contribution < 1.29 is 0 Å². The summed E-state index contributed by atoms with van der Waals surface area (Å²) in [5, 5.41) is 14.1. The highest BCUT2D eigenvalue weighted by Crippen LogP contribution is 2.20. The van der Waals surface area contributed by atoms with Crippen LogP contribution in [0.15, 0.2) is 37.1 Å². The van der Waals surface area contributed by atoms with Gasteiger partial charge in [0.2, 0.25) is 5.95 Å². The second kappa shape index (κ2) is 5.95. The maximum absolute atomic E-state index is 4.33. The number of benzene rings is 1. The highest BCUT2D eigenvalue weighted by atomic mass is 15.3. The number of hydrogen-bond acceptors (Lipinski definition) is 5. The summed E-state index contributed by atoms with van der Waals surface area (Å²) in [6, 6.07) is 6.23. The molecule has 0 saturated carbocycles. The van der Waals surface area contributed by atoms with Crippen molar-refractivity contribution in [2.24, 2.45) is 0 Å². The van der Waals surface area contributed by atoms with Crippen LogP contribution in [0.25, 0.3) is 0 Å². The van der Waals surface area contributed by atoms with Gasteiger partial charge in [0.25, 0.3) is 0 Å². The van der Waals surface area contributed by atoms with E-state index in [0.717, 1.165) is 11.3 Å². The molecule has 1 aromatic carbocycles. The molecule has 0 saturated heterocycles. The van der Waals surface area contributed by atoms with Gasteiger partial charge in [-0.3, -0.25) is 0 Å². The minimum absolute atomic E-state index is 0.482. The maximum atomic E-state index is 4.33. The molecule has 2 N–H and O–H groups in total. The third kappa shape index (κ3) is 3.51. The Morgan fingerprint density at radius 1 is 1.32 bits per heavy atom. The van der Waals surface area contributed by atoms with Crippen LogP contribution in [-0.2, 0) is 0 Å². The van der Waals surface area contributed by atoms with Gasteiger partial charge in [0, 0.05) is 12.2 Å². The molecular formula is C14H17N5. The zero-order valence-corrected chi connectivity index (χ0v) is 11.1. The van der Waals surface area contributed by atoms with E-state index in [9.17, 15) is 0 Å². The smallest absolute Gasteiger partial charge is 0.244 e. The molecule has 0 radical (unpaired) electrons. The van der Waals surface area contributed by atoms with Gasteiger partial charge < -0.3 is 10.6 Å². The number of anilines is 3. The first-order valence-electron chi connectivity index (χ1n) is 6.08. The first-order chi connectivity index (χ1) is 9.19. The van der Waals surface area contributed by atoms with Crippen LogP contribution in [0.1, 0.15) is 11.1 Å². The monoisotopic (exact) mass is 255 g/mol. The van der Waals surface area contributed by atoms with Crippen LogP contribution in [0.4, 0.5) is 17.5 Å². The standard InChI is InChI=1S/C14H17N5/c1-4-7-15-14-18-13(9-16-19-14)17-12-8-10(2)5-6-11(12)3/h4-6,8-9H,1,7H2,2-3H3,(H2,15,17,18,19). The average Bonchev–Trinajstić information content (AvgIpc) is 2.41. The summed E-state index contributed by atoms with van der Waals surface area (Å²) < 4.78 is 0. The van der Waals surface area contributed by atoms with Crippen LogP contribution >= 0.6 is 0 Å². The quantitative estimate of drug-likeness (QED) is 0.804. The predicted molar refractivity (Wildman–Crippen MR) is 77.7 cm³/mol. The maximum Gasteiger partial charge on any atom is 0.244 e. The van der Waals surface area contributed by atoms with E-state index in [1.165, 1.54) is 5.56 Å². The molecule has 0 aliphatic heterocycles. The van der Waals surface area contributed by atoms with Gasteiger partial charge >= 0.3 is 0 Å². The Morgan fingerprint density at radius 2 is 2.16 bits per heavy atom. The molecule has 0 unspecified atom stereocenters. The molecule has 0 fully saturated rings. The van der Waals surface area contributed by atoms with Crippen LogP contribution < -0.4 is 10.6 Å². The van der Waals surface area contributed by atoms with Crippen molar-refractivity contribution >= 4 is 17.5 Å². The first kappa shape index (κ1) is 13.0. The number of aryl methyl sites for hydroxylation is 2. The number of nitrogens with zero attached hydrogens (tertiary/aromatic N) is 3. The van der Waals surface area contributed by atoms with E-state index >= 15 is 0 Å². The third-order valence-electron chi connectivity index (χ3n) is 2.62. The van der Waals surface area contributed by atoms with E-state index in [4.69, 9.17) is 0 Å². The van der Waals surface area contributed by atoms with Gasteiger partial charge in [-0.1, -0.05) is 18.2 Å². The van der Waals surface area contributed by atoms with E-state index in [0.29, 0.717) is 18.3 Å². The van der Waals surface area contributed by atoms with Gasteiger partial charge in [-0.25, -0.2) is 0 Å². The lowest BCUT2D eigenvalue weighted by atomic mass is 10.1. The fourth-order valence-corrected chi connectivity index (χ4v) is 1.61. The Kier molecular flexibility index (Phi) is 4.07. The van der Waals surface area contributed by atoms with Crippen molar-refractivity contribution in [3.63, 3.8) is 0 Å². The molecule has 5 nitrogen and oxygen atoms in total. The average molecular weight is 255 g/mol. The summed E-state index contributed by atoms with van der Waals surface area (Å²) in [5.41, 5.74) is 3.38. The summed E-state index contributed by atoms with van der Waals surface area (Å²) >= 11 is 0. The molecule has 0 atom stereocenters. The van der Waals surface area contributed by atoms with Crippen LogP contribution in [0.2, 0.25) is 0 Å². The van der Waals surface area contributed by atoms with Crippen LogP contribution in [0.5, 0.6) is 0 Å². The van der Waals surface area contributed by atoms with Crippen LogP contribution in [-0.4, -0.2) is 21.7 Å². The summed E-state index contributed by atoms with van der Waals surface area (Å²) in [6.45, 7) is 8.34. The van der Waals surface area contributed by atoms with E-state index in [2.05, 4.69) is 57.5 Å².